The molecule has 1 N–H and O–H groups in total. The Balaban J connectivity index is 1.62. The predicted octanol–water partition coefficient (Wildman–Crippen LogP) is 4.07. The van der Waals surface area contributed by atoms with Crippen LogP contribution >= 0.6 is 0 Å². The van der Waals surface area contributed by atoms with Crippen LogP contribution in [0.3, 0.4) is 0 Å². The zero-order chi connectivity index (χ0) is 23.4. The first-order valence-electron chi connectivity index (χ1n) is 11.0. The van der Waals surface area contributed by atoms with Gasteiger partial charge in [-0.15, -0.1) is 0 Å². The quantitative estimate of drug-likeness (QED) is 0.535. The minimum absolute atomic E-state index is 0.0176. The van der Waals surface area contributed by atoms with Gasteiger partial charge in [-0.3, -0.25) is 14.5 Å². The third-order valence-electron chi connectivity index (χ3n) is 5.78. The molecule has 0 radical (unpaired) electrons. The van der Waals surface area contributed by atoms with Crippen LogP contribution in [0.1, 0.15) is 25.3 Å². The van der Waals surface area contributed by atoms with Crippen LogP contribution < -0.4 is 14.9 Å². The molecular formula is C25H27NO7. The van der Waals surface area contributed by atoms with E-state index in [2.05, 4.69) is 4.90 Å². The molecule has 0 saturated carbocycles. The SMILES string of the molecule is CCOC(=O)C1CCCN(Cc2c(O)ccc3c(=O)c(Oc4ccccc4OC)coc23)C1. The Morgan fingerprint density at radius 2 is 1.97 bits per heavy atom. The van der Waals surface area contributed by atoms with Crippen LogP contribution in [-0.4, -0.2) is 42.8 Å². The maximum atomic E-state index is 13.1. The van der Waals surface area contributed by atoms with Gasteiger partial charge in [0.15, 0.2) is 11.5 Å². The number of carbonyl (C=O) groups is 1. The lowest BCUT2D eigenvalue weighted by molar-refractivity contribution is -0.150. The van der Waals surface area contributed by atoms with E-state index < -0.39 is 0 Å². The van der Waals surface area contributed by atoms with Gasteiger partial charge in [-0.05, 0) is 50.6 Å². The number of hydrogen-bond acceptors (Lipinski definition) is 8. The number of carbonyl (C=O) groups excluding carboxylic acids is 1. The van der Waals surface area contributed by atoms with Crippen molar-refractivity contribution >= 4 is 16.9 Å². The van der Waals surface area contributed by atoms with E-state index in [-0.39, 0.29) is 28.8 Å². The van der Waals surface area contributed by atoms with E-state index in [0.717, 1.165) is 19.4 Å². The number of para-hydroxylation sites is 2. The van der Waals surface area contributed by atoms with Gasteiger partial charge in [0.25, 0.3) is 0 Å². The second kappa shape index (κ2) is 9.95. The fourth-order valence-electron chi connectivity index (χ4n) is 4.15. The van der Waals surface area contributed by atoms with Crippen LogP contribution in [0, 0.1) is 5.92 Å². The summed E-state index contributed by atoms with van der Waals surface area (Å²) in [5, 5.41) is 10.8. The number of benzene rings is 2. The summed E-state index contributed by atoms with van der Waals surface area (Å²) in [6.07, 6.45) is 2.86. The van der Waals surface area contributed by atoms with Crippen molar-refractivity contribution in [3.63, 3.8) is 0 Å². The third-order valence-corrected chi connectivity index (χ3v) is 5.78. The van der Waals surface area contributed by atoms with E-state index in [0.29, 0.717) is 47.7 Å². The Hall–Kier alpha value is -3.52. The molecule has 4 rings (SSSR count). The molecule has 174 valence electrons. The lowest BCUT2D eigenvalue weighted by Crippen LogP contribution is -2.39. The van der Waals surface area contributed by atoms with Gasteiger partial charge < -0.3 is 23.7 Å². The molecule has 1 fully saturated rings. The Morgan fingerprint density at radius 3 is 2.73 bits per heavy atom. The number of phenols is 1. The molecule has 2 heterocycles. The molecule has 0 aliphatic carbocycles. The molecule has 1 aromatic heterocycles. The van der Waals surface area contributed by atoms with Crippen LogP contribution in [0.2, 0.25) is 0 Å². The molecule has 8 heteroatoms. The van der Waals surface area contributed by atoms with E-state index in [9.17, 15) is 14.7 Å². The molecular weight excluding hydrogens is 426 g/mol. The van der Waals surface area contributed by atoms with Gasteiger partial charge in [-0.2, -0.15) is 0 Å². The molecule has 33 heavy (non-hydrogen) atoms. The number of methoxy groups -OCH3 is 1. The molecule has 3 aromatic rings. The first kappa shape index (κ1) is 22.7. The lowest BCUT2D eigenvalue weighted by Gasteiger charge is -2.31. The highest BCUT2D eigenvalue weighted by molar-refractivity contribution is 5.83. The van der Waals surface area contributed by atoms with E-state index in [1.807, 2.05) is 0 Å². The van der Waals surface area contributed by atoms with Gasteiger partial charge in [0.1, 0.15) is 17.6 Å². The van der Waals surface area contributed by atoms with Gasteiger partial charge >= 0.3 is 5.97 Å². The number of rotatable bonds is 7. The minimum Gasteiger partial charge on any atom is -0.507 e. The third kappa shape index (κ3) is 4.80. The number of piperidine rings is 1. The Kier molecular flexibility index (Phi) is 6.84. The zero-order valence-corrected chi connectivity index (χ0v) is 18.7. The van der Waals surface area contributed by atoms with Crippen molar-refractivity contribution in [3.8, 4) is 23.0 Å². The smallest absolute Gasteiger partial charge is 0.310 e. The van der Waals surface area contributed by atoms with Crippen molar-refractivity contribution in [2.75, 3.05) is 26.8 Å². The normalized spacial score (nSPS) is 16.5. The monoisotopic (exact) mass is 453 g/mol. The number of hydrogen-bond donors (Lipinski definition) is 1. The van der Waals surface area contributed by atoms with Crippen molar-refractivity contribution in [3.05, 3.63) is 58.4 Å². The second-order valence-corrected chi connectivity index (χ2v) is 7.95. The van der Waals surface area contributed by atoms with Crippen LogP contribution in [0.5, 0.6) is 23.0 Å². The Morgan fingerprint density at radius 1 is 1.18 bits per heavy atom. The average Bonchev–Trinajstić information content (AvgIpc) is 2.83. The van der Waals surface area contributed by atoms with E-state index in [1.165, 1.54) is 25.5 Å². The van der Waals surface area contributed by atoms with Crippen LogP contribution in [0.15, 0.2) is 51.9 Å². The summed E-state index contributed by atoms with van der Waals surface area (Å²) in [6, 6.07) is 10.0. The first-order chi connectivity index (χ1) is 16.0. The van der Waals surface area contributed by atoms with Crippen molar-refractivity contribution < 1.29 is 28.5 Å². The number of ether oxygens (including phenoxy) is 3. The molecule has 0 amide bonds. The highest BCUT2D eigenvalue weighted by atomic mass is 16.5. The first-order valence-corrected chi connectivity index (χ1v) is 11.0. The average molecular weight is 453 g/mol. The molecule has 1 saturated heterocycles. The van der Waals surface area contributed by atoms with Gasteiger partial charge in [-0.1, -0.05) is 12.1 Å². The van der Waals surface area contributed by atoms with E-state index in [1.54, 1.807) is 31.2 Å². The second-order valence-electron chi connectivity index (χ2n) is 7.95. The van der Waals surface area contributed by atoms with Crippen LogP contribution in [-0.2, 0) is 16.1 Å². The number of esters is 1. The maximum absolute atomic E-state index is 13.1. The summed E-state index contributed by atoms with van der Waals surface area (Å²) in [5.41, 5.74) is 0.440. The number of phenolic OH excluding ortho intramolecular Hbond substituents is 1. The number of likely N-dealkylation sites (tertiary alicyclic amines) is 1. The Labute approximate surface area is 191 Å². The van der Waals surface area contributed by atoms with E-state index in [4.69, 9.17) is 18.6 Å². The van der Waals surface area contributed by atoms with Crippen molar-refractivity contribution in [1.29, 1.82) is 0 Å². The van der Waals surface area contributed by atoms with Crippen molar-refractivity contribution in [2.24, 2.45) is 5.92 Å². The summed E-state index contributed by atoms with van der Waals surface area (Å²) in [6.45, 7) is 3.78. The highest BCUT2D eigenvalue weighted by Gasteiger charge is 2.28. The standard InChI is InChI=1S/C25H27NO7/c1-3-31-25(29)16-7-6-12-26(13-16)14-18-19(27)11-10-17-23(28)22(15-32-24(17)18)33-21-9-5-4-8-20(21)30-2/h4-5,8-11,15-16,27H,3,6-7,12-14H2,1-2H3. The molecule has 2 aromatic carbocycles. The molecule has 1 aliphatic rings. The highest BCUT2D eigenvalue weighted by Crippen LogP contribution is 2.33. The summed E-state index contributed by atoms with van der Waals surface area (Å²) in [4.78, 5) is 27.4. The van der Waals surface area contributed by atoms with Gasteiger partial charge in [0, 0.05) is 13.1 Å². The molecule has 1 aliphatic heterocycles. The minimum atomic E-state index is -0.355. The van der Waals surface area contributed by atoms with Crippen molar-refractivity contribution in [1.82, 2.24) is 4.90 Å². The van der Waals surface area contributed by atoms with Gasteiger partial charge in [0.05, 0.1) is 30.6 Å². The number of fused-ring (bicyclic) bond motifs is 1. The molecule has 1 atom stereocenters. The van der Waals surface area contributed by atoms with E-state index >= 15 is 0 Å². The molecule has 0 bridgehead atoms. The predicted molar refractivity (Wildman–Crippen MR) is 122 cm³/mol. The maximum Gasteiger partial charge on any atom is 0.310 e. The summed E-state index contributed by atoms with van der Waals surface area (Å²) < 4.78 is 22.0. The summed E-state index contributed by atoms with van der Waals surface area (Å²) in [5.74, 6) is 0.526. The summed E-state index contributed by atoms with van der Waals surface area (Å²) >= 11 is 0. The molecule has 8 nitrogen and oxygen atoms in total. The van der Waals surface area contributed by atoms with Crippen LogP contribution in [0.25, 0.3) is 11.0 Å². The fourth-order valence-corrected chi connectivity index (χ4v) is 4.15. The largest absolute Gasteiger partial charge is 0.507 e. The van der Waals surface area contributed by atoms with Gasteiger partial charge in [-0.25, -0.2) is 0 Å². The van der Waals surface area contributed by atoms with Crippen molar-refractivity contribution in [2.45, 2.75) is 26.3 Å². The van der Waals surface area contributed by atoms with Crippen LogP contribution in [0.4, 0.5) is 0 Å². The number of aromatic hydroxyl groups is 1. The lowest BCUT2D eigenvalue weighted by atomic mass is 9.97. The molecule has 0 spiro atoms. The Bertz CT molecular complexity index is 1200. The summed E-state index contributed by atoms with van der Waals surface area (Å²) in [7, 11) is 1.52. The zero-order valence-electron chi connectivity index (χ0n) is 18.7. The topological polar surface area (TPSA) is 98.4 Å². The number of nitrogens with zero attached hydrogens (tertiary/aromatic N) is 1. The molecule has 1 unspecified atom stereocenters. The van der Waals surface area contributed by atoms with Gasteiger partial charge in [0.2, 0.25) is 11.2 Å². The fraction of sp³-hybridized carbons (Fsp3) is 0.360.